The van der Waals surface area contributed by atoms with Crippen molar-refractivity contribution in [2.24, 2.45) is 0 Å². The van der Waals surface area contributed by atoms with Crippen LogP contribution in [0, 0.1) is 0 Å². The van der Waals surface area contributed by atoms with Gasteiger partial charge in [0.1, 0.15) is 0 Å². The lowest BCUT2D eigenvalue weighted by molar-refractivity contribution is -0.138. The average molecular weight is 271 g/mol. The number of nitrogens with one attached hydrogen (secondary N) is 1. The van der Waals surface area contributed by atoms with E-state index in [9.17, 15) is 4.79 Å². The summed E-state index contributed by atoms with van der Waals surface area (Å²) in [5.74, 6) is 0.346. The summed E-state index contributed by atoms with van der Waals surface area (Å²) in [6.45, 7) is 12.7. The lowest BCUT2D eigenvalue weighted by atomic mass is 10.0. The zero-order valence-corrected chi connectivity index (χ0v) is 13.5. The number of carbonyl (C=O) groups excluding carboxylic acids is 1. The van der Waals surface area contributed by atoms with Crippen LogP contribution in [0.4, 0.5) is 0 Å². The van der Waals surface area contributed by atoms with Crippen molar-refractivity contribution >= 4 is 5.91 Å². The molecule has 2 aliphatic heterocycles. The van der Waals surface area contributed by atoms with Crippen LogP contribution in [0.25, 0.3) is 0 Å². The van der Waals surface area contributed by atoms with Crippen LogP contribution in [0.3, 0.4) is 0 Å². The third-order valence-corrected chi connectivity index (χ3v) is 3.48. The Bertz CT molecular complexity index is 227. The number of piperidine rings is 1. The predicted octanol–water partition coefficient (Wildman–Crippen LogP) is 1.95. The third kappa shape index (κ3) is 5.91. The molecule has 0 aromatic heterocycles. The molecule has 1 amide bonds. The first-order valence-electron chi connectivity index (χ1n) is 7.99. The standard InChI is InChI=1S/C11H21N3O.2C2H6/c1-13-7-3-2-4-10(13)11(15)14-8-5-12-6-9-14;2*1-2/h10,12H,2-9H2,1H3;2*1-2H3. The van der Waals surface area contributed by atoms with Gasteiger partial charge >= 0.3 is 0 Å². The molecular formula is C15H33N3O. The van der Waals surface area contributed by atoms with Gasteiger partial charge in [-0.15, -0.1) is 0 Å². The van der Waals surface area contributed by atoms with Gasteiger partial charge in [0.05, 0.1) is 6.04 Å². The molecule has 0 aromatic carbocycles. The fourth-order valence-corrected chi connectivity index (χ4v) is 2.48. The number of hydrogen-bond acceptors (Lipinski definition) is 3. The van der Waals surface area contributed by atoms with E-state index in [1.807, 2.05) is 32.6 Å². The minimum Gasteiger partial charge on any atom is -0.339 e. The molecule has 0 radical (unpaired) electrons. The molecule has 1 atom stereocenters. The van der Waals surface area contributed by atoms with Gasteiger partial charge < -0.3 is 10.2 Å². The summed E-state index contributed by atoms with van der Waals surface area (Å²) in [5.41, 5.74) is 0. The van der Waals surface area contributed by atoms with Crippen molar-refractivity contribution < 1.29 is 4.79 Å². The molecular weight excluding hydrogens is 238 g/mol. The van der Waals surface area contributed by atoms with Crippen LogP contribution < -0.4 is 5.32 Å². The van der Waals surface area contributed by atoms with E-state index in [1.54, 1.807) is 0 Å². The third-order valence-electron chi connectivity index (χ3n) is 3.48. The van der Waals surface area contributed by atoms with Gasteiger partial charge in [0, 0.05) is 26.2 Å². The van der Waals surface area contributed by atoms with Crippen LogP contribution >= 0.6 is 0 Å². The van der Waals surface area contributed by atoms with Crippen LogP contribution in [0.15, 0.2) is 0 Å². The summed E-state index contributed by atoms with van der Waals surface area (Å²) in [6.07, 6.45) is 3.48. The Balaban J connectivity index is 0.000000741. The normalized spacial score (nSPS) is 23.6. The molecule has 1 N–H and O–H groups in total. The maximum absolute atomic E-state index is 12.2. The van der Waals surface area contributed by atoms with E-state index in [0.717, 1.165) is 39.1 Å². The van der Waals surface area contributed by atoms with Crippen molar-refractivity contribution in [3.63, 3.8) is 0 Å². The van der Waals surface area contributed by atoms with Gasteiger partial charge in [-0.05, 0) is 26.4 Å². The van der Waals surface area contributed by atoms with E-state index < -0.39 is 0 Å². The monoisotopic (exact) mass is 271 g/mol. The highest BCUT2D eigenvalue weighted by Gasteiger charge is 2.29. The summed E-state index contributed by atoms with van der Waals surface area (Å²) in [6, 6.07) is 0.150. The number of rotatable bonds is 1. The van der Waals surface area contributed by atoms with E-state index >= 15 is 0 Å². The molecule has 114 valence electrons. The minimum atomic E-state index is 0.150. The zero-order valence-electron chi connectivity index (χ0n) is 13.5. The van der Waals surface area contributed by atoms with Crippen molar-refractivity contribution in [2.75, 3.05) is 39.8 Å². The number of likely N-dealkylation sites (N-methyl/N-ethyl adjacent to an activating group) is 1. The highest BCUT2D eigenvalue weighted by atomic mass is 16.2. The number of likely N-dealkylation sites (tertiary alicyclic amines) is 1. The number of amides is 1. The van der Waals surface area contributed by atoms with Crippen molar-refractivity contribution in [3.8, 4) is 0 Å². The lowest BCUT2D eigenvalue weighted by Gasteiger charge is -2.37. The van der Waals surface area contributed by atoms with Crippen LogP contribution in [-0.2, 0) is 4.79 Å². The number of carbonyl (C=O) groups is 1. The SMILES string of the molecule is CC.CC.CN1CCCCC1C(=O)N1CCNCC1. The van der Waals surface area contributed by atoms with Crippen LogP contribution in [-0.4, -0.2) is 61.5 Å². The van der Waals surface area contributed by atoms with Gasteiger partial charge in [-0.3, -0.25) is 9.69 Å². The molecule has 0 bridgehead atoms. The Morgan fingerprint density at radius 2 is 1.58 bits per heavy atom. The van der Waals surface area contributed by atoms with Crippen LogP contribution in [0.2, 0.25) is 0 Å². The Kier molecular flexibility index (Phi) is 10.9. The highest BCUT2D eigenvalue weighted by Crippen LogP contribution is 2.17. The number of piperazine rings is 1. The first-order chi connectivity index (χ1) is 9.29. The van der Waals surface area contributed by atoms with Gasteiger partial charge in [-0.25, -0.2) is 0 Å². The first kappa shape index (κ1) is 18.4. The fourth-order valence-electron chi connectivity index (χ4n) is 2.48. The molecule has 4 nitrogen and oxygen atoms in total. The van der Waals surface area contributed by atoms with Gasteiger partial charge in [0.15, 0.2) is 0 Å². The largest absolute Gasteiger partial charge is 0.339 e. The highest BCUT2D eigenvalue weighted by molar-refractivity contribution is 5.82. The Hall–Kier alpha value is -0.610. The molecule has 4 heteroatoms. The lowest BCUT2D eigenvalue weighted by Crippen LogP contribution is -2.54. The molecule has 2 aliphatic rings. The van der Waals surface area contributed by atoms with E-state index in [4.69, 9.17) is 0 Å². The van der Waals surface area contributed by atoms with Crippen molar-refractivity contribution in [1.82, 2.24) is 15.1 Å². The first-order valence-corrected chi connectivity index (χ1v) is 7.99. The molecule has 2 fully saturated rings. The molecule has 0 spiro atoms. The summed E-state index contributed by atoms with van der Waals surface area (Å²) in [5, 5.41) is 3.28. The van der Waals surface area contributed by atoms with Crippen LogP contribution in [0.1, 0.15) is 47.0 Å². The maximum Gasteiger partial charge on any atom is 0.240 e. The summed E-state index contributed by atoms with van der Waals surface area (Å²) >= 11 is 0. The number of hydrogen-bond donors (Lipinski definition) is 1. The molecule has 0 aliphatic carbocycles. The quantitative estimate of drug-likeness (QED) is 0.792. The fraction of sp³-hybridized carbons (Fsp3) is 0.933. The van der Waals surface area contributed by atoms with Crippen molar-refractivity contribution in [3.05, 3.63) is 0 Å². The van der Waals surface area contributed by atoms with Gasteiger partial charge in [-0.1, -0.05) is 34.1 Å². The van der Waals surface area contributed by atoms with Crippen molar-refractivity contribution in [1.29, 1.82) is 0 Å². The second kappa shape index (κ2) is 11.2. The second-order valence-corrected chi connectivity index (χ2v) is 4.57. The van der Waals surface area contributed by atoms with Crippen molar-refractivity contribution in [2.45, 2.75) is 53.0 Å². The van der Waals surface area contributed by atoms with E-state index in [1.165, 1.54) is 12.8 Å². The smallest absolute Gasteiger partial charge is 0.240 e. The van der Waals surface area contributed by atoms with Gasteiger partial charge in [0.2, 0.25) is 5.91 Å². The van der Waals surface area contributed by atoms with E-state index in [0.29, 0.717) is 5.91 Å². The molecule has 0 saturated carbocycles. The minimum absolute atomic E-state index is 0.150. The topological polar surface area (TPSA) is 35.6 Å². The van der Waals surface area contributed by atoms with Crippen LogP contribution in [0.5, 0.6) is 0 Å². The zero-order chi connectivity index (χ0) is 14.7. The maximum atomic E-state index is 12.2. The Labute approximate surface area is 119 Å². The predicted molar refractivity (Wildman–Crippen MR) is 82.4 cm³/mol. The van der Waals surface area contributed by atoms with E-state index in [-0.39, 0.29) is 6.04 Å². The second-order valence-electron chi connectivity index (χ2n) is 4.57. The molecule has 2 saturated heterocycles. The Morgan fingerprint density at radius 3 is 2.11 bits per heavy atom. The van der Waals surface area contributed by atoms with E-state index in [2.05, 4.69) is 17.3 Å². The molecule has 1 unspecified atom stereocenters. The van der Waals surface area contributed by atoms with Gasteiger partial charge in [-0.2, -0.15) is 0 Å². The molecule has 0 aromatic rings. The van der Waals surface area contributed by atoms with Gasteiger partial charge in [0.25, 0.3) is 0 Å². The molecule has 2 rings (SSSR count). The average Bonchev–Trinajstić information content (AvgIpc) is 2.52. The number of nitrogens with zero attached hydrogens (tertiary/aromatic N) is 2. The molecule has 2 heterocycles. The molecule has 19 heavy (non-hydrogen) atoms. The summed E-state index contributed by atoms with van der Waals surface area (Å²) in [7, 11) is 2.07. The Morgan fingerprint density at radius 1 is 1.00 bits per heavy atom. The summed E-state index contributed by atoms with van der Waals surface area (Å²) < 4.78 is 0. The summed E-state index contributed by atoms with van der Waals surface area (Å²) in [4.78, 5) is 16.5.